The van der Waals surface area contributed by atoms with Crippen molar-refractivity contribution in [3.05, 3.63) is 93.0 Å². The average Bonchev–Trinajstić information content (AvgIpc) is 2.79. The van der Waals surface area contributed by atoms with Gasteiger partial charge in [0.1, 0.15) is 18.2 Å². The van der Waals surface area contributed by atoms with Crippen LogP contribution in [0, 0.1) is 32.1 Å². The van der Waals surface area contributed by atoms with Crippen molar-refractivity contribution in [2.24, 2.45) is 0 Å². The van der Waals surface area contributed by atoms with Crippen molar-refractivity contribution >= 4 is 29.3 Å². The molecule has 1 amide bonds. The zero-order valence-electron chi connectivity index (χ0n) is 19.7. The number of anilines is 1. The van der Waals surface area contributed by atoms with Crippen LogP contribution in [0.2, 0.25) is 5.02 Å². The van der Waals surface area contributed by atoms with Crippen LogP contribution in [0.25, 0.3) is 6.08 Å². The number of benzene rings is 3. The highest BCUT2D eigenvalue weighted by atomic mass is 35.5. The van der Waals surface area contributed by atoms with Crippen LogP contribution in [0.4, 0.5) is 5.69 Å². The van der Waals surface area contributed by atoms with Crippen molar-refractivity contribution in [1.82, 2.24) is 0 Å². The normalized spacial score (nSPS) is 11.0. The molecule has 0 aromatic heterocycles. The summed E-state index contributed by atoms with van der Waals surface area (Å²) in [6, 6.07) is 18.8. The van der Waals surface area contributed by atoms with E-state index in [-0.39, 0.29) is 5.57 Å². The number of halogens is 1. The number of nitrogens with one attached hydrogen (secondary N) is 1. The summed E-state index contributed by atoms with van der Waals surface area (Å²) in [5.41, 5.74) is 5.34. The van der Waals surface area contributed by atoms with E-state index in [1.165, 1.54) is 17.2 Å². The molecule has 0 aliphatic rings. The maximum Gasteiger partial charge on any atom is 0.266 e. The van der Waals surface area contributed by atoms with Crippen LogP contribution in [-0.2, 0) is 11.4 Å². The van der Waals surface area contributed by atoms with Gasteiger partial charge < -0.3 is 14.8 Å². The highest BCUT2D eigenvalue weighted by Crippen LogP contribution is 2.30. The van der Waals surface area contributed by atoms with Gasteiger partial charge in [0, 0.05) is 10.7 Å². The number of hydrogen-bond acceptors (Lipinski definition) is 4. The summed E-state index contributed by atoms with van der Waals surface area (Å²) in [4.78, 5) is 12.7. The third kappa shape index (κ3) is 6.40. The van der Waals surface area contributed by atoms with E-state index >= 15 is 0 Å². The SMILES string of the molecule is CCOc1cc(/C=C(\C#N)C(=O)Nc2cccc(Cl)c2C)ccc1OCc1cc(C)cc(C)c1. The Bertz CT molecular complexity index is 1250. The molecule has 0 saturated heterocycles. The maximum absolute atomic E-state index is 12.7. The van der Waals surface area contributed by atoms with Crippen LogP contribution in [-0.4, -0.2) is 12.5 Å². The number of aryl methyl sites for hydroxylation is 2. The van der Waals surface area contributed by atoms with Crippen molar-refractivity contribution in [3.8, 4) is 17.6 Å². The summed E-state index contributed by atoms with van der Waals surface area (Å²) in [5, 5.41) is 12.9. The number of rotatable bonds is 8. The van der Waals surface area contributed by atoms with Crippen LogP contribution in [0.1, 0.15) is 34.7 Å². The molecule has 174 valence electrons. The molecule has 3 aromatic carbocycles. The number of hydrogen-bond donors (Lipinski definition) is 1. The van der Waals surface area contributed by atoms with E-state index < -0.39 is 5.91 Å². The number of nitriles is 1. The van der Waals surface area contributed by atoms with Crippen molar-refractivity contribution in [2.45, 2.75) is 34.3 Å². The fourth-order valence-corrected chi connectivity index (χ4v) is 3.74. The molecule has 5 nitrogen and oxygen atoms in total. The smallest absolute Gasteiger partial charge is 0.266 e. The number of ether oxygens (including phenoxy) is 2. The highest BCUT2D eigenvalue weighted by Gasteiger charge is 2.13. The molecule has 0 radical (unpaired) electrons. The third-order valence-corrected chi connectivity index (χ3v) is 5.54. The van der Waals surface area contributed by atoms with Gasteiger partial charge in [-0.3, -0.25) is 4.79 Å². The largest absolute Gasteiger partial charge is 0.490 e. The number of nitrogens with zero attached hydrogens (tertiary/aromatic N) is 1. The molecule has 0 aliphatic carbocycles. The van der Waals surface area contributed by atoms with Gasteiger partial charge in [0.25, 0.3) is 5.91 Å². The Labute approximate surface area is 205 Å². The minimum absolute atomic E-state index is 0.0364. The lowest BCUT2D eigenvalue weighted by Gasteiger charge is -2.14. The minimum atomic E-state index is -0.513. The molecule has 0 aliphatic heterocycles. The van der Waals surface area contributed by atoms with Gasteiger partial charge in [-0.25, -0.2) is 0 Å². The van der Waals surface area contributed by atoms with Gasteiger partial charge in [-0.2, -0.15) is 5.26 Å². The average molecular weight is 475 g/mol. The lowest BCUT2D eigenvalue weighted by molar-refractivity contribution is -0.112. The molecule has 6 heteroatoms. The quantitative estimate of drug-likeness (QED) is 0.288. The molecule has 3 aromatic rings. The van der Waals surface area contributed by atoms with E-state index in [0.717, 1.165) is 11.1 Å². The zero-order chi connectivity index (χ0) is 24.7. The second-order valence-corrected chi connectivity index (χ2v) is 8.37. The second-order valence-electron chi connectivity index (χ2n) is 7.96. The number of carbonyl (C=O) groups is 1. The molecule has 0 bridgehead atoms. The molecule has 0 spiro atoms. The van der Waals surface area contributed by atoms with Crippen LogP contribution < -0.4 is 14.8 Å². The molecular formula is C28H27ClN2O3. The highest BCUT2D eigenvalue weighted by molar-refractivity contribution is 6.31. The number of amides is 1. The van der Waals surface area contributed by atoms with Gasteiger partial charge >= 0.3 is 0 Å². The van der Waals surface area contributed by atoms with Crippen LogP contribution >= 0.6 is 11.6 Å². The Morgan fingerprint density at radius 1 is 1.03 bits per heavy atom. The van der Waals surface area contributed by atoms with E-state index in [1.807, 2.05) is 13.0 Å². The Morgan fingerprint density at radius 2 is 1.76 bits per heavy atom. The predicted octanol–water partition coefficient (Wildman–Crippen LogP) is 6.79. The van der Waals surface area contributed by atoms with Gasteiger partial charge in [0.15, 0.2) is 11.5 Å². The monoisotopic (exact) mass is 474 g/mol. The Morgan fingerprint density at radius 3 is 2.44 bits per heavy atom. The summed E-state index contributed by atoms with van der Waals surface area (Å²) < 4.78 is 11.8. The predicted molar refractivity (Wildman–Crippen MR) is 136 cm³/mol. The molecule has 0 fully saturated rings. The van der Waals surface area contributed by atoms with Crippen molar-refractivity contribution in [2.75, 3.05) is 11.9 Å². The van der Waals surface area contributed by atoms with Crippen molar-refractivity contribution in [3.63, 3.8) is 0 Å². The third-order valence-electron chi connectivity index (χ3n) is 5.14. The molecule has 0 heterocycles. The van der Waals surface area contributed by atoms with Crippen LogP contribution in [0.3, 0.4) is 0 Å². The molecule has 0 unspecified atom stereocenters. The van der Waals surface area contributed by atoms with Gasteiger partial charge in [-0.1, -0.05) is 53.1 Å². The Kier molecular flexibility index (Phi) is 8.34. The maximum atomic E-state index is 12.7. The first-order valence-corrected chi connectivity index (χ1v) is 11.3. The Hall–Kier alpha value is -3.75. The molecule has 0 saturated carbocycles. The van der Waals surface area contributed by atoms with Gasteiger partial charge in [0.05, 0.1) is 6.61 Å². The fourth-order valence-electron chi connectivity index (χ4n) is 3.56. The minimum Gasteiger partial charge on any atom is -0.490 e. The summed E-state index contributed by atoms with van der Waals surface area (Å²) in [6.45, 7) is 8.66. The van der Waals surface area contributed by atoms with Crippen molar-refractivity contribution in [1.29, 1.82) is 5.26 Å². The first kappa shape index (κ1) is 24.9. The molecule has 3 rings (SSSR count). The van der Waals surface area contributed by atoms with E-state index in [0.29, 0.717) is 41.0 Å². The second kappa shape index (κ2) is 11.4. The summed E-state index contributed by atoms with van der Waals surface area (Å²) in [6.07, 6.45) is 1.52. The molecular weight excluding hydrogens is 448 g/mol. The summed E-state index contributed by atoms with van der Waals surface area (Å²) in [7, 11) is 0. The van der Waals surface area contributed by atoms with Crippen molar-refractivity contribution < 1.29 is 14.3 Å². The Balaban J connectivity index is 1.81. The molecule has 1 N–H and O–H groups in total. The van der Waals surface area contributed by atoms with Crippen LogP contribution in [0.15, 0.2) is 60.2 Å². The van der Waals surface area contributed by atoms with E-state index in [1.54, 1.807) is 43.3 Å². The van der Waals surface area contributed by atoms with Gasteiger partial charge in [0.2, 0.25) is 0 Å². The molecule has 34 heavy (non-hydrogen) atoms. The topological polar surface area (TPSA) is 71.3 Å². The van der Waals surface area contributed by atoms with Crippen LogP contribution in [0.5, 0.6) is 11.5 Å². The summed E-state index contributed by atoms with van der Waals surface area (Å²) in [5.74, 6) is 0.626. The first-order valence-electron chi connectivity index (χ1n) is 11.0. The standard InChI is InChI=1S/C28H27ClN2O3/c1-5-33-27-15-21(9-10-26(27)34-17-22-12-18(2)11-19(3)13-22)14-23(16-30)28(32)31-25-8-6-7-24(29)20(25)4/h6-15H,5,17H2,1-4H3,(H,31,32)/b23-14+. The lowest BCUT2D eigenvalue weighted by Crippen LogP contribution is -2.14. The molecule has 0 atom stereocenters. The van der Waals surface area contributed by atoms with E-state index in [9.17, 15) is 10.1 Å². The van der Waals surface area contributed by atoms with E-state index in [2.05, 4.69) is 37.4 Å². The lowest BCUT2D eigenvalue weighted by atomic mass is 10.1. The van der Waals surface area contributed by atoms with E-state index in [4.69, 9.17) is 21.1 Å². The zero-order valence-corrected chi connectivity index (χ0v) is 20.5. The first-order chi connectivity index (χ1) is 16.3. The van der Waals surface area contributed by atoms with Gasteiger partial charge in [-0.15, -0.1) is 0 Å². The van der Waals surface area contributed by atoms with Gasteiger partial charge in [-0.05, 0) is 74.7 Å². The fraction of sp³-hybridized carbons (Fsp3) is 0.214. The summed E-state index contributed by atoms with van der Waals surface area (Å²) >= 11 is 6.13. The number of carbonyl (C=O) groups excluding carboxylic acids is 1.